The predicted octanol–water partition coefficient (Wildman–Crippen LogP) is 1.97. The van der Waals surface area contributed by atoms with Crippen LogP contribution in [0.3, 0.4) is 0 Å². The van der Waals surface area contributed by atoms with Gasteiger partial charge in [0, 0.05) is 24.3 Å². The fraction of sp³-hybridized carbons (Fsp3) is 0.545. The Morgan fingerprint density at radius 3 is 2.94 bits per heavy atom. The molecule has 0 aliphatic heterocycles. The largest absolute Gasteiger partial charge is 0.382 e. The quantitative estimate of drug-likeness (QED) is 0.619. The molecule has 0 aliphatic rings. The summed E-state index contributed by atoms with van der Waals surface area (Å²) in [5, 5.41) is 0. The molecule has 0 saturated carbocycles. The molecule has 1 amide bonds. The Hall–Kier alpha value is -0.850. The van der Waals surface area contributed by atoms with E-state index >= 15 is 0 Å². The van der Waals surface area contributed by atoms with Gasteiger partial charge in [0.1, 0.15) is 5.69 Å². The number of carbonyl (C=O) groups is 1. The van der Waals surface area contributed by atoms with E-state index in [0.717, 1.165) is 17.4 Å². The lowest BCUT2D eigenvalue weighted by atomic mass is 10.4. The minimum Gasteiger partial charge on any atom is -0.382 e. The Labute approximate surface area is 109 Å². The molecule has 0 radical (unpaired) electrons. The molecule has 0 fully saturated rings. The molecular weight excluding hydrogens is 288 g/mol. The monoisotopic (exact) mass is 304 g/mol. The summed E-state index contributed by atoms with van der Waals surface area (Å²) in [5.74, 6) is -0.250. The van der Waals surface area contributed by atoms with Crippen LogP contribution in [0.5, 0.6) is 0 Å². The zero-order valence-electron chi connectivity index (χ0n) is 10.0. The van der Waals surface area contributed by atoms with Gasteiger partial charge in [-0.1, -0.05) is 6.92 Å². The van der Waals surface area contributed by atoms with Gasteiger partial charge in [-0.15, -0.1) is 0 Å². The van der Waals surface area contributed by atoms with Gasteiger partial charge in [0.2, 0.25) is 0 Å². The van der Waals surface area contributed by atoms with Crippen LogP contribution in [0.2, 0.25) is 0 Å². The van der Waals surface area contributed by atoms with Crippen molar-refractivity contribution in [2.75, 3.05) is 20.3 Å². The number of amides is 1. The van der Waals surface area contributed by atoms with Gasteiger partial charge in [0.25, 0.3) is 5.91 Å². The molecule has 96 valence electrons. The summed E-state index contributed by atoms with van der Waals surface area (Å²) in [7, 11) is 1.58. The summed E-state index contributed by atoms with van der Waals surface area (Å²) in [6, 6.07) is 1.77. The van der Waals surface area contributed by atoms with Crippen molar-refractivity contribution in [3.05, 3.63) is 22.4 Å². The number of hydrogen-bond acceptors (Lipinski definition) is 3. The van der Waals surface area contributed by atoms with Gasteiger partial charge in [-0.3, -0.25) is 9.63 Å². The first-order valence-electron chi connectivity index (χ1n) is 5.45. The fourth-order valence-corrected chi connectivity index (χ4v) is 1.85. The van der Waals surface area contributed by atoms with Crippen LogP contribution in [0.4, 0.5) is 0 Å². The van der Waals surface area contributed by atoms with E-state index in [0.29, 0.717) is 18.9 Å². The van der Waals surface area contributed by atoms with Gasteiger partial charge in [-0.2, -0.15) is 0 Å². The van der Waals surface area contributed by atoms with E-state index in [1.807, 2.05) is 10.8 Å². The molecule has 1 rings (SSSR count). The van der Waals surface area contributed by atoms with Crippen LogP contribution in [-0.2, 0) is 16.1 Å². The lowest BCUT2D eigenvalue weighted by molar-refractivity contribution is 0.00833. The van der Waals surface area contributed by atoms with Crippen LogP contribution in [0.15, 0.2) is 16.7 Å². The Bertz CT molecular complexity index is 366. The number of nitrogens with zero attached hydrogens (tertiary/aromatic N) is 1. The predicted molar refractivity (Wildman–Crippen MR) is 67.7 cm³/mol. The number of rotatable bonds is 7. The highest BCUT2D eigenvalue weighted by atomic mass is 79.9. The molecule has 5 nitrogen and oxygen atoms in total. The van der Waals surface area contributed by atoms with Gasteiger partial charge >= 0.3 is 0 Å². The molecule has 1 heterocycles. The van der Waals surface area contributed by atoms with Gasteiger partial charge < -0.3 is 9.30 Å². The Kier molecular flexibility index (Phi) is 6.25. The standard InChI is InChI=1S/C11H17BrN2O3/c1-3-4-14-8-9(12)7-10(14)11(15)13-17-6-5-16-2/h7-8H,3-6H2,1-2H3,(H,13,15). The second kappa shape index (κ2) is 7.47. The van der Waals surface area contributed by atoms with Crippen molar-refractivity contribution < 1.29 is 14.4 Å². The molecular formula is C11H17BrN2O3. The molecule has 0 aromatic carbocycles. The average Bonchev–Trinajstić information content (AvgIpc) is 2.66. The normalized spacial score (nSPS) is 10.5. The van der Waals surface area contributed by atoms with E-state index in [1.54, 1.807) is 13.2 Å². The SMILES string of the molecule is CCCn1cc(Br)cc1C(=O)NOCCOC. The topological polar surface area (TPSA) is 52.5 Å². The van der Waals surface area contributed by atoms with E-state index in [9.17, 15) is 4.79 Å². The highest BCUT2D eigenvalue weighted by molar-refractivity contribution is 9.10. The minimum atomic E-state index is -0.250. The zero-order valence-corrected chi connectivity index (χ0v) is 11.6. The summed E-state index contributed by atoms with van der Waals surface area (Å²) in [4.78, 5) is 16.8. The van der Waals surface area contributed by atoms with Crippen LogP contribution >= 0.6 is 15.9 Å². The maximum atomic E-state index is 11.8. The molecule has 0 unspecified atom stereocenters. The first kappa shape index (κ1) is 14.2. The van der Waals surface area contributed by atoms with E-state index in [4.69, 9.17) is 9.57 Å². The average molecular weight is 305 g/mol. The van der Waals surface area contributed by atoms with E-state index < -0.39 is 0 Å². The number of nitrogens with one attached hydrogen (secondary N) is 1. The second-order valence-electron chi connectivity index (χ2n) is 3.51. The van der Waals surface area contributed by atoms with Crippen LogP contribution in [0, 0.1) is 0 Å². The second-order valence-corrected chi connectivity index (χ2v) is 4.43. The van der Waals surface area contributed by atoms with Crippen molar-refractivity contribution in [1.29, 1.82) is 0 Å². The van der Waals surface area contributed by atoms with Crippen molar-refractivity contribution in [3.63, 3.8) is 0 Å². The van der Waals surface area contributed by atoms with Crippen LogP contribution in [0.25, 0.3) is 0 Å². The number of aryl methyl sites for hydroxylation is 1. The summed E-state index contributed by atoms with van der Waals surface area (Å²) in [6.07, 6.45) is 2.85. The number of halogens is 1. The van der Waals surface area contributed by atoms with Crippen LogP contribution in [-0.4, -0.2) is 30.8 Å². The molecule has 1 aromatic rings. The summed E-state index contributed by atoms with van der Waals surface area (Å²) in [6.45, 7) is 3.63. The molecule has 0 aliphatic carbocycles. The van der Waals surface area contributed by atoms with E-state index in [1.165, 1.54) is 0 Å². The maximum Gasteiger partial charge on any atom is 0.291 e. The van der Waals surface area contributed by atoms with E-state index in [-0.39, 0.29) is 5.91 Å². The van der Waals surface area contributed by atoms with Crippen LogP contribution in [0.1, 0.15) is 23.8 Å². The van der Waals surface area contributed by atoms with E-state index in [2.05, 4.69) is 28.3 Å². The number of hydroxylamine groups is 1. The molecule has 17 heavy (non-hydrogen) atoms. The number of carbonyl (C=O) groups excluding carboxylic acids is 1. The highest BCUT2D eigenvalue weighted by Crippen LogP contribution is 2.15. The first-order chi connectivity index (χ1) is 8.19. The van der Waals surface area contributed by atoms with Crippen molar-refractivity contribution in [2.45, 2.75) is 19.9 Å². The molecule has 0 bridgehead atoms. The third-order valence-electron chi connectivity index (χ3n) is 2.11. The number of methoxy groups -OCH3 is 1. The highest BCUT2D eigenvalue weighted by Gasteiger charge is 2.12. The van der Waals surface area contributed by atoms with Crippen molar-refractivity contribution >= 4 is 21.8 Å². The maximum absolute atomic E-state index is 11.8. The molecule has 1 N–H and O–H groups in total. The summed E-state index contributed by atoms with van der Waals surface area (Å²) in [5.41, 5.74) is 2.97. The summed E-state index contributed by atoms with van der Waals surface area (Å²) < 4.78 is 7.58. The fourth-order valence-electron chi connectivity index (χ4n) is 1.38. The molecule has 0 atom stereocenters. The molecule has 1 aromatic heterocycles. The Balaban J connectivity index is 2.55. The van der Waals surface area contributed by atoms with Gasteiger partial charge in [0.15, 0.2) is 0 Å². The van der Waals surface area contributed by atoms with Crippen molar-refractivity contribution in [3.8, 4) is 0 Å². The number of aromatic nitrogens is 1. The van der Waals surface area contributed by atoms with Crippen molar-refractivity contribution in [2.24, 2.45) is 0 Å². The lowest BCUT2D eigenvalue weighted by Gasteiger charge is -2.08. The van der Waals surface area contributed by atoms with Gasteiger partial charge in [0.05, 0.1) is 13.2 Å². The number of ether oxygens (including phenoxy) is 1. The lowest BCUT2D eigenvalue weighted by Crippen LogP contribution is -2.27. The summed E-state index contributed by atoms with van der Waals surface area (Å²) >= 11 is 3.35. The molecule has 0 spiro atoms. The van der Waals surface area contributed by atoms with Gasteiger partial charge in [-0.25, -0.2) is 5.48 Å². The van der Waals surface area contributed by atoms with Crippen LogP contribution < -0.4 is 5.48 Å². The zero-order chi connectivity index (χ0) is 12.7. The molecule has 0 saturated heterocycles. The van der Waals surface area contributed by atoms with Crippen molar-refractivity contribution in [1.82, 2.24) is 10.0 Å². The first-order valence-corrected chi connectivity index (χ1v) is 6.25. The Morgan fingerprint density at radius 2 is 2.29 bits per heavy atom. The third-order valence-corrected chi connectivity index (χ3v) is 2.55. The number of hydrogen-bond donors (Lipinski definition) is 1. The Morgan fingerprint density at radius 1 is 1.53 bits per heavy atom. The van der Waals surface area contributed by atoms with Gasteiger partial charge in [-0.05, 0) is 28.4 Å². The molecule has 6 heteroatoms. The smallest absolute Gasteiger partial charge is 0.291 e. The minimum absolute atomic E-state index is 0.250. The third kappa shape index (κ3) is 4.49.